The Kier molecular flexibility index (Phi) is 33.8. The summed E-state index contributed by atoms with van der Waals surface area (Å²) >= 11 is 0. The smallest absolute Gasteiger partial charge is 0.220 e. The van der Waals surface area contributed by atoms with Crippen molar-refractivity contribution in [3.63, 3.8) is 0 Å². The van der Waals surface area contributed by atoms with E-state index in [0.29, 0.717) is 32.8 Å². The molecular formula is C73H103NO7. The monoisotopic (exact) mass is 1110 g/mol. The Labute approximate surface area is 490 Å². The summed E-state index contributed by atoms with van der Waals surface area (Å²) in [6.07, 6.45) is 32.6. The molecule has 7 atom stereocenters. The van der Waals surface area contributed by atoms with Gasteiger partial charge in [0.25, 0.3) is 0 Å². The maximum absolute atomic E-state index is 14.1. The Bertz CT molecular complexity index is 2300. The van der Waals surface area contributed by atoms with Gasteiger partial charge in [-0.2, -0.15) is 0 Å². The van der Waals surface area contributed by atoms with Crippen molar-refractivity contribution in [3.8, 4) is 0 Å². The molecule has 0 bridgehead atoms. The van der Waals surface area contributed by atoms with E-state index in [2.05, 4.69) is 85.0 Å². The third kappa shape index (κ3) is 27.8. The van der Waals surface area contributed by atoms with Crippen LogP contribution in [0.5, 0.6) is 0 Å². The number of benzene rings is 5. The number of carbonyl (C=O) groups excluding carboxylic acids is 1. The van der Waals surface area contributed by atoms with E-state index in [9.17, 15) is 9.90 Å². The summed E-state index contributed by atoms with van der Waals surface area (Å²) in [5.41, 5.74) is 5.34. The van der Waals surface area contributed by atoms with E-state index in [1.807, 2.05) is 91.0 Å². The number of allylic oxidation sites excluding steroid dienone is 1. The second kappa shape index (κ2) is 42.0. The standard InChI is InChI=1S/C73H103NO7/c1-2-3-4-5-6-7-8-9-10-11-12-13-14-15-16-17-18-19-20-21-22-23-39-54-70(76)74-66(67(75)53-41-40-44-61-42-29-24-30-43-61)55-68-71(78-57-63-47-33-26-34-48-63)73(80-59-65-51-37-28-38-52-65)72(79-58-64-49-35-27-36-50-64)69(81-68)60-77-56-62-45-31-25-32-46-62/h24-38,41-43,45-53,66-69,71-73,75H,2-23,39-40,44,54-60H2,1H3,(H,74,76)/t66-,67+,68-,69+,71-,72-,73+/m0/s1. The van der Waals surface area contributed by atoms with Gasteiger partial charge in [-0.3, -0.25) is 4.79 Å². The van der Waals surface area contributed by atoms with Gasteiger partial charge >= 0.3 is 0 Å². The first-order chi connectivity index (χ1) is 40.1. The summed E-state index contributed by atoms with van der Waals surface area (Å²) in [5, 5.41) is 15.5. The summed E-state index contributed by atoms with van der Waals surface area (Å²) in [6.45, 7) is 3.86. The number of hydrogen-bond acceptors (Lipinski definition) is 7. The Morgan fingerprint density at radius 1 is 0.469 bits per heavy atom. The Hall–Kier alpha value is -4.93. The predicted octanol–water partition coefficient (Wildman–Crippen LogP) is 17.5. The van der Waals surface area contributed by atoms with Gasteiger partial charge in [0.2, 0.25) is 5.91 Å². The van der Waals surface area contributed by atoms with E-state index in [0.717, 1.165) is 54.4 Å². The lowest BCUT2D eigenvalue weighted by Gasteiger charge is -2.47. The molecule has 1 fully saturated rings. The lowest BCUT2D eigenvalue weighted by atomic mass is 9.89. The molecule has 1 aliphatic rings. The maximum atomic E-state index is 14.1. The van der Waals surface area contributed by atoms with E-state index < -0.39 is 42.7 Å². The molecule has 0 aliphatic carbocycles. The van der Waals surface area contributed by atoms with Gasteiger partial charge in [0.05, 0.1) is 51.3 Å². The number of aryl methyl sites for hydroxylation is 1. The zero-order valence-corrected chi connectivity index (χ0v) is 49.7. The predicted molar refractivity (Wildman–Crippen MR) is 333 cm³/mol. The lowest BCUT2D eigenvalue weighted by molar-refractivity contribution is -0.274. The molecule has 8 heteroatoms. The molecule has 5 aromatic carbocycles. The van der Waals surface area contributed by atoms with Crippen molar-refractivity contribution < 1.29 is 33.6 Å². The molecule has 0 unspecified atom stereocenters. The van der Waals surface area contributed by atoms with Crippen molar-refractivity contribution in [1.29, 1.82) is 0 Å². The van der Waals surface area contributed by atoms with Crippen molar-refractivity contribution in [3.05, 3.63) is 192 Å². The summed E-state index contributed by atoms with van der Waals surface area (Å²) in [6, 6.07) is 50.3. The van der Waals surface area contributed by atoms with Gasteiger partial charge in [0.1, 0.15) is 24.4 Å². The van der Waals surface area contributed by atoms with Crippen LogP contribution in [0.3, 0.4) is 0 Å². The van der Waals surface area contributed by atoms with Gasteiger partial charge in [-0.15, -0.1) is 0 Å². The van der Waals surface area contributed by atoms with Gasteiger partial charge in [-0.1, -0.05) is 312 Å². The highest BCUT2D eigenvalue weighted by molar-refractivity contribution is 5.76. The van der Waals surface area contributed by atoms with Crippen LogP contribution in [-0.4, -0.2) is 60.3 Å². The van der Waals surface area contributed by atoms with Crippen LogP contribution < -0.4 is 5.32 Å². The number of aliphatic hydroxyl groups excluding tert-OH is 1. The van der Waals surface area contributed by atoms with Crippen molar-refractivity contribution in [2.45, 2.75) is 249 Å². The number of carbonyl (C=O) groups is 1. The molecule has 0 aromatic heterocycles. The Balaban J connectivity index is 1.06. The number of rotatable bonds is 45. The number of nitrogens with one attached hydrogen (secondary N) is 1. The number of ether oxygens (including phenoxy) is 5. The number of aliphatic hydroxyl groups is 1. The maximum Gasteiger partial charge on any atom is 0.220 e. The average molecular weight is 1110 g/mol. The highest BCUT2D eigenvalue weighted by Gasteiger charge is 2.49. The molecule has 2 N–H and O–H groups in total. The summed E-state index contributed by atoms with van der Waals surface area (Å²) in [7, 11) is 0. The zero-order chi connectivity index (χ0) is 56.5. The fourth-order valence-electron chi connectivity index (χ4n) is 11.2. The van der Waals surface area contributed by atoms with Gasteiger partial charge in [0.15, 0.2) is 0 Å². The number of amides is 1. The molecule has 1 amide bonds. The minimum absolute atomic E-state index is 0.0681. The summed E-state index contributed by atoms with van der Waals surface area (Å²) < 4.78 is 34.7. The molecule has 81 heavy (non-hydrogen) atoms. The molecule has 1 heterocycles. The lowest BCUT2D eigenvalue weighted by Crippen LogP contribution is -2.62. The highest BCUT2D eigenvalue weighted by atomic mass is 16.6. The largest absolute Gasteiger partial charge is 0.387 e. The summed E-state index contributed by atoms with van der Waals surface area (Å²) in [5.74, 6) is -0.0681. The molecule has 0 spiro atoms. The van der Waals surface area contributed by atoms with Gasteiger partial charge in [0, 0.05) is 6.42 Å². The van der Waals surface area contributed by atoms with Crippen molar-refractivity contribution >= 4 is 5.91 Å². The molecule has 442 valence electrons. The molecule has 1 saturated heterocycles. The molecule has 8 nitrogen and oxygen atoms in total. The van der Waals surface area contributed by atoms with Gasteiger partial charge < -0.3 is 34.1 Å². The minimum Gasteiger partial charge on any atom is -0.387 e. The molecule has 1 aliphatic heterocycles. The average Bonchev–Trinajstić information content (AvgIpc) is 3.54. The van der Waals surface area contributed by atoms with E-state index in [1.54, 1.807) is 0 Å². The van der Waals surface area contributed by atoms with Gasteiger partial charge in [-0.25, -0.2) is 0 Å². The van der Waals surface area contributed by atoms with Crippen LogP contribution in [-0.2, 0) is 61.3 Å². The minimum atomic E-state index is -0.985. The first kappa shape index (κ1) is 65.2. The second-order valence-corrected chi connectivity index (χ2v) is 22.9. The van der Waals surface area contributed by atoms with E-state index in [1.165, 1.54) is 134 Å². The molecular weight excluding hydrogens is 1000 g/mol. The normalized spacial score (nSPS) is 18.0. The molecule has 0 radical (unpaired) electrons. The zero-order valence-electron chi connectivity index (χ0n) is 49.7. The quantitative estimate of drug-likeness (QED) is 0.0296. The van der Waals surface area contributed by atoms with Gasteiger partial charge in [-0.05, 0) is 53.5 Å². The number of hydrogen-bond donors (Lipinski definition) is 2. The third-order valence-electron chi connectivity index (χ3n) is 16.0. The van der Waals surface area contributed by atoms with E-state index >= 15 is 0 Å². The SMILES string of the molecule is CCCCCCCCCCCCCCCCCCCCCCCCCC(=O)N[C@@H](C[C@@H]1O[C@H](COCc2ccccc2)[C@H](OCc2ccccc2)[C@H](OCc2ccccc2)[C@H]1OCc1ccccc1)[C@H](O)C=CCCc1ccccc1. The van der Waals surface area contributed by atoms with Crippen molar-refractivity contribution in [1.82, 2.24) is 5.32 Å². The first-order valence-corrected chi connectivity index (χ1v) is 32.0. The van der Waals surface area contributed by atoms with Crippen molar-refractivity contribution in [2.75, 3.05) is 6.61 Å². The molecule has 0 saturated carbocycles. The van der Waals surface area contributed by atoms with E-state index in [-0.39, 0.29) is 18.9 Å². The fraction of sp³-hybridized carbons (Fsp3) is 0.548. The highest BCUT2D eigenvalue weighted by Crippen LogP contribution is 2.34. The fourth-order valence-corrected chi connectivity index (χ4v) is 11.2. The first-order valence-electron chi connectivity index (χ1n) is 32.0. The molecule has 5 aromatic rings. The second-order valence-electron chi connectivity index (χ2n) is 22.9. The number of unbranched alkanes of at least 4 members (excludes halogenated alkanes) is 22. The Morgan fingerprint density at radius 3 is 1.25 bits per heavy atom. The molecule has 6 rings (SSSR count). The van der Waals surface area contributed by atoms with Crippen LogP contribution in [0.1, 0.15) is 202 Å². The van der Waals surface area contributed by atoms with Crippen LogP contribution >= 0.6 is 0 Å². The van der Waals surface area contributed by atoms with Crippen LogP contribution in [0.25, 0.3) is 0 Å². The topological polar surface area (TPSA) is 95.5 Å². The van der Waals surface area contributed by atoms with Crippen LogP contribution in [0.4, 0.5) is 0 Å². The van der Waals surface area contributed by atoms with Crippen molar-refractivity contribution in [2.24, 2.45) is 0 Å². The van der Waals surface area contributed by atoms with Crippen LogP contribution in [0.15, 0.2) is 164 Å². The Morgan fingerprint density at radius 2 is 0.827 bits per heavy atom. The van der Waals surface area contributed by atoms with Crippen LogP contribution in [0.2, 0.25) is 0 Å². The summed E-state index contributed by atoms with van der Waals surface area (Å²) in [4.78, 5) is 14.1. The van der Waals surface area contributed by atoms with Crippen LogP contribution in [0, 0.1) is 0 Å². The third-order valence-corrected chi connectivity index (χ3v) is 16.0. The van der Waals surface area contributed by atoms with E-state index in [4.69, 9.17) is 23.7 Å².